The molecule has 2 N–H and O–H groups in total. The number of benzene rings is 1. The lowest BCUT2D eigenvalue weighted by Gasteiger charge is -2.22. The first kappa shape index (κ1) is 26.5. The van der Waals surface area contributed by atoms with Gasteiger partial charge in [-0.2, -0.15) is 0 Å². The summed E-state index contributed by atoms with van der Waals surface area (Å²) >= 11 is 0. The van der Waals surface area contributed by atoms with Gasteiger partial charge in [-0.3, -0.25) is 19.2 Å². The maximum absolute atomic E-state index is 14.9. The number of hydrogen-bond acceptors (Lipinski definition) is 7. The van der Waals surface area contributed by atoms with Crippen LogP contribution in [0, 0.1) is 12.7 Å². The normalized spacial score (nSPS) is 15.4. The second-order valence-electron chi connectivity index (χ2n) is 9.82. The molecule has 0 radical (unpaired) electrons. The standard InChI is InChI=1S/C28H29FN4O6/c1-15-18(5-3-4-6-38-14-31-25(35)10-30-13-34)20-7-17-11-33-24(26(17)32-23(20)9-22(15)29)8-19-16(2)28(37)39-12-21(19)27(33)36/h7-9,13,16H,3-6,10-12,14H2,1-2H3,(H,30,34)(H,31,35). The molecule has 0 aliphatic carbocycles. The predicted molar refractivity (Wildman–Crippen MR) is 139 cm³/mol. The molecule has 2 aromatic heterocycles. The van der Waals surface area contributed by atoms with Gasteiger partial charge in [0, 0.05) is 23.6 Å². The number of fused-ring (bicyclic) bond motifs is 5. The first-order chi connectivity index (χ1) is 18.8. The van der Waals surface area contributed by atoms with E-state index in [1.807, 2.05) is 12.1 Å². The number of nitrogens with one attached hydrogen (secondary N) is 2. The number of aryl methyl sites for hydroxylation is 1. The minimum Gasteiger partial charge on any atom is -0.460 e. The fourth-order valence-electron chi connectivity index (χ4n) is 5.22. The molecule has 4 heterocycles. The molecule has 1 aromatic carbocycles. The van der Waals surface area contributed by atoms with Crippen LogP contribution in [0.4, 0.5) is 4.39 Å². The van der Waals surface area contributed by atoms with Crippen molar-refractivity contribution in [2.24, 2.45) is 0 Å². The third-order valence-corrected chi connectivity index (χ3v) is 7.40. The van der Waals surface area contributed by atoms with Gasteiger partial charge in [-0.1, -0.05) is 0 Å². The summed E-state index contributed by atoms with van der Waals surface area (Å²) in [7, 11) is 0. The quantitative estimate of drug-likeness (QED) is 0.138. The zero-order valence-corrected chi connectivity index (χ0v) is 21.8. The van der Waals surface area contributed by atoms with Crippen LogP contribution in [0.5, 0.6) is 0 Å². The van der Waals surface area contributed by atoms with Gasteiger partial charge < -0.3 is 24.7 Å². The summed E-state index contributed by atoms with van der Waals surface area (Å²) in [6, 6.07) is 5.27. The van der Waals surface area contributed by atoms with Gasteiger partial charge >= 0.3 is 5.97 Å². The molecule has 5 rings (SSSR count). The molecule has 0 saturated carbocycles. The molecular formula is C28H29FN4O6. The Kier molecular flexibility index (Phi) is 7.42. The van der Waals surface area contributed by atoms with Crippen molar-refractivity contribution in [3.63, 3.8) is 0 Å². The van der Waals surface area contributed by atoms with Crippen molar-refractivity contribution in [1.82, 2.24) is 20.2 Å². The van der Waals surface area contributed by atoms with E-state index in [1.54, 1.807) is 18.4 Å². The van der Waals surface area contributed by atoms with Gasteiger partial charge in [0.15, 0.2) is 0 Å². The van der Waals surface area contributed by atoms with Crippen LogP contribution in [0.15, 0.2) is 23.0 Å². The molecule has 2 aliphatic heterocycles. The molecule has 204 valence electrons. The lowest BCUT2D eigenvalue weighted by Crippen LogP contribution is -2.34. The van der Waals surface area contributed by atoms with Crippen molar-refractivity contribution in [2.45, 2.75) is 52.2 Å². The van der Waals surface area contributed by atoms with Crippen LogP contribution in [0.1, 0.15) is 53.5 Å². The maximum atomic E-state index is 14.9. The largest absolute Gasteiger partial charge is 0.460 e. The van der Waals surface area contributed by atoms with Crippen LogP contribution in [0.25, 0.3) is 22.3 Å². The van der Waals surface area contributed by atoms with E-state index in [0.717, 1.165) is 22.9 Å². The number of aromatic nitrogens is 2. The Labute approximate surface area is 223 Å². The van der Waals surface area contributed by atoms with Crippen molar-refractivity contribution in [3.05, 3.63) is 62.2 Å². The Morgan fingerprint density at radius 2 is 2.10 bits per heavy atom. The second-order valence-corrected chi connectivity index (χ2v) is 9.82. The number of carbonyl (C=O) groups excluding carboxylic acids is 3. The smallest absolute Gasteiger partial charge is 0.313 e. The highest BCUT2D eigenvalue weighted by Crippen LogP contribution is 2.37. The molecule has 11 heteroatoms. The van der Waals surface area contributed by atoms with Crippen LogP contribution < -0.4 is 16.2 Å². The van der Waals surface area contributed by atoms with E-state index in [2.05, 4.69) is 10.6 Å². The number of rotatable bonds is 10. The molecular weight excluding hydrogens is 507 g/mol. The van der Waals surface area contributed by atoms with E-state index in [1.165, 1.54) is 6.07 Å². The van der Waals surface area contributed by atoms with Crippen molar-refractivity contribution in [1.29, 1.82) is 0 Å². The van der Waals surface area contributed by atoms with Crippen LogP contribution in [0.3, 0.4) is 0 Å². The SMILES string of the molecule is Cc1c(F)cc2nc3c(cc2c1CCCCOCNC(=O)CNC=O)Cn1c-3cc2c(c1=O)COC(=O)C2C. The molecule has 0 spiro atoms. The zero-order chi connectivity index (χ0) is 27.7. The Balaban J connectivity index is 1.34. The molecule has 2 amide bonds. The topological polar surface area (TPSA) is 129 Å². The fourth-order valence-corrected chi connectivity index (χ4v) is 5.22. The van der Waals surface area contributed by atoms with Gasteiger partial charge in [0.2, 0.25) is 12.3 Å². The third kappa shape index (κ3) is 5.01. The highest BCUT2D eigenvalue weighted by atomic mass is 19.1. The summed E-state index contributed by atoms with van der Waals surface area (Å²) in [4.78, 5) is 51.8. The summed E-state index contributed by atoms with van der Waals surface area (Å²) < 4.78 is 27.2. The number of carbonyl (C=O) groups is 3. The highest BCUT2D eigenvalue weighted by Gasteiger charge is 2.32. The van der Waals surface area contributed by atoms with Crippen LogP contribution >= 0.6 is 0 Å². The number of unbranched alkanes of at least 4 members (excludes halogenated alkanes) is 1. The molecule has 39 heavy (non-hydrogen) atoms. The number of amides is 2. The average molecular weight is 537 g/mol. The summed E-state index contributed by atoms with van der Waals surface area (Å²) in [6.07, 6.45) is 2.49. The van der Waals surface area contributed by atoms with Gasteiger partial charge in [-0.05, 0) is 61.9 Å². The van der Waals surface area contributed by atoms with Crippen molar-refractivity contribution in [2.75, 3.05) is 19.9 Å². The number of esters is 1. The maximum Gasteiger partial charge on any atom is 0.313 e. The van der Waals surface area contributed by atoms with Gasteiger partial charge in [-0.15, -0.1) is 0 Å². The van der Waals surface area contributed by atoms with Crippen molar-refractivity contribution in [3.8, 4) is 11.4 Å². The van der Waals surface area contributed by atoms with Gasteiger partial charge in [0.05, 0.1) is 41.5 Å². The monoisotopic (exact) mass is 536 g/mol. The molecule has 1 unspecified atom stereocenters. The average Bonchev–Trinajstić information content (AvgIpc) is 3.28. The summed E-state index contributed by atoms with van der Waals surface area (Å²) in [5.74, 6) is -1.58. The van der Waals surface area contributed by atoms with Gasteiger partial charge in [0.25, 0.3) is 5.56 Å². The van der Waals surface area contributed by atoms with Crippen molar-refractivity contribution >= 4 is 29.2 Å². The molecule has 3 aromatic rings. The minimum absolute atomic E-state index is 0.0363. The molecule has 0 bridgehead atoms. The highest BCUT2D eigenvalue weighted by molar-refractivity contribution is 5.88. The van der Waals surface area contributed by atoms with E-state index in [4.69, 9.17) is 14.5 Å². The Morgan fingerprint density at radius 1 is 1.28 bits per heavy atom. The van der Waals surface area contributed by atoms with E-state index in [9.17, 15) is 23.6 Å². The Bertz CT molecular complexity index is 1550. The molecule has 0 saturated heterocycles. The fraction of sp³-hybridized carbons (Fsp3) is 0.393. The number of cyclic esters (lactones) is 1. The predicted octanol–water partition coefficient (Wildman–Crippen LogP) is 2.19. The van der Waals surface area contributed by atoms with Gasteiger partial charge in [-0.25, -0.2) is 9.37 Å². The zero-order valence-electron chi connectivity index (χ0n) is 21.8. The molecule has 1 atom stereocenters. The number of halogens is 1. The number of pyridine rings is 2. The first-order valence-corrected chi connectivity index (χ1v) is 12.9. The van der Waals surface area contributed by atoms with E-state index >= 15 is 0 Å². The first-order valence-electron chi connectivity index (χ1n) is 12.9. The van der Waals surface area contributed by atoms with Crippen LogP contribution in [0.2, 0.25) is 0 Å². The second kappa shape index (κ2) is 10.9. The Morgan fingerprint density at radius 3 is 2.90 bits per heavy atom. The van der Waals surface area contributed by atoms with Crippen LogP contribution in [-0.4, -0.2) is 47.7 Å². The Hall–Kier alpha value is -4.12. The minimum atomic E-state index is -0.539. The number of nitrogens with zero attached hydrogens (tertiary/aromatic N) is 2. The summed E-state index contributed by atoms with van der Waals surface area (Å²) in [5.41, 5.74) is 5.03. The lowest BCUT2D eigenvalue weighted by atomic mass is 9.93. The molecule has 2 aliphatic rings. The van der Waals surface area contributed by atoms with Crippen molar-refractivity contribution < 1.29 is 28.2 Å². The van der Waals surface area contributed by atoms with E-state index < -0.39 is 5.92 Å². The van der Waals surface area contributed by atoms with Gasteiger partial charge in [0.1, 0.15) is 19.2 Å². The molecule has 10 nitrogen and oxygen atoms in total. The molecule has 0 fully saturated rings. The third-order valence-electron chi connectivity index (χ3n) is 7.40. The number of hydrogen-bond donors (Lipinski definition) is 2. The number of ether oxygens (including phenoxy) is 2. The lowest BCUT2D eigenvalue weighted by molar-refractivity contribution is -0.147. The van der Waals surface area contributed by atoms with E-state index in [0.29, 0.717) is 66.0 Å². The van der Waals surface area contributed by atoms with Crippen LogP contribution in [-0.2, 0) is 43.4 Å². The summed E-state index contributed by atoms with van der Waals surface area (Å²) in [6.45, 7) is 4.13. The summed E-state index contributed by atoms with van der Waals surface area (Å²) in [5, 5.41) is 5.66. The van der Waals surface area contributed by atoms with E-state index in [-0.39, 0.29) is 43.1 Å².